The minimum atomic E-state index is 0.0696. The van der Waals surface area contributed by atoms with Crippen molar-refractivity contribution in [3.05, 3.63) is 54.5 Å². The molecule has 0 aliphatic heterocycles. The number of ether oxygens (including phenoxy) is 1. The number of hydrogen-bond donors (Lipinski definition) is 1. The van der Waals surface area contributed by atoms with Crippen LogP contribution in [-0.4, -0.2) is 21.5 Å². The number of rotatable bonds is 5. The van der Waals surface area contributed by atoms with Crippen molar-refractivity contribution in [3.63, 3.8) is 0 Å². The quantitative estimate of drug-likeness (QED) is 0.761. The summed E-state index contributed by atoms with van der Waals surface area (Å²) in [5.41, 5.74) is 4.22. The van der Waals surface area contributed by atoms with Gasteiger partial charge in [-0.05, 0) is 45.9 Å². The van der Waals surface area contributed by atoms with Crippen molar-refractivity contribution >= 4 is 5.65 Å². The summed E-state index contributed by atoms with van der Waals surface area (Å²) in [6.45, 7) is 9.88. The van der Waals surface area contributed by atoms with Gasteiger partial charge in [-0.25, -0.2) is 4.98 Å². The highest BCUT2D eigenvalue weighted by atomic mass is 16.5. The number of para-hydroxylation sites is 1. The average Bonchev–Trinajstić information content (AvgIpc) is 2.96. The molecule has 3 rings (SSSR count). The number of hydrogen-bond acceptors (Lipinski definition) is 3. The fourth-order valence-electron chi connectivity index (χ4n) is 2.69. The molecule has 0 atom stereocenters. The van der Waals surface area contributed by atoms with Crippen molar-refractivity contribution in [2.24, 2.45) is 0 Å². The Labute approximate surface area is 143 Å². The fourth-order valence-corrected chi connectivity index (χ4v) is 2.69. The lowest BCUT2D eigenvalue weighted by molar-refractivity contribution is 0.341. The van der Waals surface area contributed by atoms with Gasteiger partial charge in [-0.2, -0.15) is 0 Å². The zero-order valence-corrected chi connectivity index (χ0v) is 14.8. The Morgan fingerprint density at radius 2 is 1.83 bits per heavy atom. The van der Waals surface area contributed by atoms with Crippen LogP contribution in [0, 0.1) is 0 Å². The first-order chi connectivity index (χ1) is 11.5. The Morgan fingerprint density at radius 1 is 1.08 bits per heavy atom. The molecule has 0 radical (unpaired) electrons. The van der Waals surface area contributed by atoms with E-state index in [2.05, 4.69) is 48.8 Å². The normalized spacial score (nSPS) is 11.8. The first kappa shape index (κ1) is 16.5. The van der Waals surface area contributed by atoms with Gasteiger partial charge in [-0.3, -0.25) is 0 Å². The van der Waals surface area contributed by atoms with Gasteiger partial charge in [0.25, 0.3) is 0 Å². The number of nitrogens with one attached hydrogen (secondary N) is 1. The molecule has 3 aromatic rings. The van der Waals surface area contributed by atoms with Gasteiger partial charge in [-0.1, -0.05) is 18.2 Å². The molecule has 1 aromatic carbocycles. The molecule has 0 aliphatic rings. The second-order valence-electron chi connectivity index (χ2n) is 6.92. The van der Waals surface area contributed by atoms with Gasteiger partial charge in [0.1, 0.15) is 11.4 Å². The van der Waals surface area contributed by atoms with Gasteiger partial charge in [0.15, 0.2) is 0 Å². The maximum Gasteiger partial charge on any atom is 0.145 e. The zero-order valence-electron chi connectivity index (χ0n) is 14.8. The molecule has 0 saturated heterocycles. The van der Waals surface area contributed by atoms with Gasteiger partial charge in [0.05, 0.1) is 12.3 Å². The van der Waals surface area contributed by atoms with Gasteiger partial charge in [0, 0.05) is 35.6 Å². The molecule has 2 aromatic heterocycles. The van der Waals surface area contributed by atoms with Crippen LogP contribution < -0.4 is 10.1 Å². The minimum Gasteiger partial charge on any atom is -0.493 e. The molecule has 4 heteroatoms. The Morgan fingerprint density at radius 3 is 2.58 bits per heavy atom. The van der Waals surface area contributed by atoms with Crippen LogP contribution >= 0.6 is 0 Å². The molecular weight excluding hydrogens is 298 g/mol. The summed E-state index contributed by atoms with van der Waals surface area (Å²) in [7, 11) is 0. The van der Waals surface area contributed by atoms with Crippen LogP contribution in [0.15, 0.2) is 48.8 Å². The van der Waals surface area contributed by atoms with Crippen LogP contribution in [0.5, 0.6) is 5.75 Å². The molecule has 0 saturated carbocycles. The topological polar surface area (TPSA) is 38.6 Å². The van der Waals surface area contributed by atoms with Crippen molar-refractivity contribution < 1.29 is 4.74 Å². The molecule has 0 bridgehead atoms. The standard InChI is InChI=1S/C20H25N3O/c1-5-24-18-11-7-6-9-16(18)17-10-8-12-23-14-15(22-19(17)23)13-21-20(2,3)4/h6-12,14,21H,5,13H2,1-4H3. The summed E-state index contributed by atoms with van der Waals surface area (Å²) in [4.78, 5) is 4.84. The molecular formula is C20H25N3O. The fraction of sp³-hybridized carbons (Fsp3) is 0.350. The number of fused-ring (bicyclic) bond motifs is 1. The summed E-state index contributed by atoms with van der Waals surface area (Å²) >= 11 is 0. The van der Waals surface area contributed by atoms with Crippen LogP contribution in [0.4, 0.5) is 0 Å². The smallest absolute Gasteiger partial charge is 0.145 e. The highest BCUT2D eigenvalue weighted by Gasteiger charge is 2.14. The predicted octanol–water partition coefficient (Wildman–Crippen LogP) is 4.29. The highest BCUT2D eigenvalue weighted by Crippen LogP contribution is 2.32. The van der Waals surface area contributed by atoms with E-state index in [-0.39, 0.29) is 5.54 Å². The Balaban J connectivity index is 2.02. The van der Waals surface area contributed by atoms with Gasteiger partial charge in [0.2, 0.25) is 0 Å². The second kappa shape index (κ2) is 6.65. The average molecular weight is 323 g/mol. The van der Waals surface area contributed by atoms with E-state index in [1.807, 2.05) is 37.4 Å². The van der Waals surface area contributed by atoms with E-state index in [1.54, 1.807) is 0 Å². The molecule has 0 fully saturated rings. The third-order valence-corrected chi connectivity index (χ3v) is 3.81. The summed E-state index contributed by atoms with van der Waals surface area (Å²) in [6, 6.07) is 12.3. The van der Waals surface area contributed by atoms with E-state index in [0.717, 1.165) is 34.8 Å². The number of pyridine rings is 1. The monoisotopic (exact) mass is 323 g/mol. The lowest BCUT2D eigenvalue weighted by Crippen LogP contribution is -2.35. The van der Waals surface area contributed by atoms with Crippen molar-refractivity contribution in [3.8, 4) is 16.9 Å². The van der Waals surface area contributed by atoms with E-state index in [4.69, 9.17) is 9.72 Å². The molecule has 1 N–H and O–H groups in total. The van der Waals surface area contributed by atoms with E-state index < -0.39 is 0 Å². The van der Waals surface area contributed by atoms with Gasteiger partial charge in [-0.15, -0.1) is 0 Å². The van der Waals surface area contributed by atoms with Crippen LogP contribution in [0.3, 0.4) is 0 Å². The second-order valence-corrected chi connectivity index (χ2v) is 6.92. The first-order valence-corrected chi connectivity index (χ1v) is 8.42. The van der Waals surface area contributed by atoms with Crippen LogP contribution in [-0.2, 0) is 6.54 Å². The third-order valence-electron chi connectivity index (χ3n) is 3.81. The van der Waals surface area contributed by atoms with Crippen molar-refractivity contribution in [2.45, 2.75) is 39.8 Å². The minimum absolute atomic E-state index is 0.0696. The van der Waals surface area contributed by atoms with E-state index in [1.165, 1.54) is 0 Å². The summed E-state index contributed by atoms with van der Waals surface area (Å²) in [6.07, 6.45) is 4.12. The van der Waals surface area contributed by atoms with Crippen LogP contribution in [0.2, 0.25) is 0 Å². The number of benzene rings is 1. The number of imidazole rings is 1. The maximum absolute atomic E-state index is 5.79. The molecule has 0 aliphatic carbocycles. The Hall–Kier alpha value is -2.33. The van der Waals surface area contributed by atoms with E-state index in [0.29, 0.717) is 6.61 Å². The summed E-state index contributed by atoms with van der Waals surface area (Å²) < 4.78 is 7.87. The first-order valence-electron chi connectivity index (χ1n) is 8.42. The molecule has 2 heterocycles. The SMILES string of the molecule is CCOc1ccccc1-c1cccn2cc(CNC(C)(C)C)nc12. The van der Waals surface area contributed by atoms with Gasteiger partial charge >= 0.3 is 0 Å². The molecule has 4 nitrogen and oxygen atoms in total. The van der Waals surface area contributed by atoms with Crippen LogP contribution in [0.25, 0.3) is 16.8 Å². The lowest BCUT2D eigenvalue weighted by atomic mass is 10.1. The summed E-state index contributed by atoms with van der Waals surface area (Å²) in [5.74, 6) is 0.894. The van der Waals surface area contributed by atoms with E-state index in [9.17, 15) is 0 Å². The molecule has 0 unspecified atom stereocenters. The Kier molecular flexibility index (Phi) is 4.58. The summed E-state index contributed by atoms with van der Waals surface area (Å²) in [5, 5.41) is 3.49. The number of nitrogens with zero attached hydrogens (tertiary/aromatic N) is 2. The van der Waals surface area contributed by atoms with Crippen molar-refractivity contribution in [1.82, 2.24) is 14.7 Å². The molecule has 0 spiro atoms. The van der Waals surface area contributed by atoms with Gasteiger partial charge < -0.3 is 14.5 Å². The molecule has 126 valence electrons. The third kappa shape index (κ3) is 3.60. The molecule has 0 amide bonds. The maximum atomic E-state index is 5.79. The molecule has 24 heavy (non-hydrogen) atoms. The lowest BCUT2D eigenvalue weighted by Gasteiger charge is -2.19. The van der Waals surface area contributed by atoms with Crippen molar-refractivity contribution in [2.75, 3.05) is 6.61 Å². The van der Waals surface area contributed by atoms with E-state index >= 15 is 0 Å². The highest BCUT2D eigenvalue weighted by molar-refractivity contribution is 5.81. The van der Waals surface area contributed by atoms with Crippen LogP contribution in [0.1, 0.15) is 33.4 Å². The van der Waals surface area contributed by atoms with Crippen molar-refractivity contribution in [1.29, 1.82) is 0 Å². The largest absolute Gasteiger partial charge is 0.493 e. The Bertz CT molecular complexity index is 830. The number of aromatic nitrogens is 2. The predicted molar refractivity (Wildman–Crippen MR) is 98.4 cm³/mol. The zero-order chi connectivity index (χ0) is 17.2.